The maximum Gasteiger partial charge on any atom is 0.245 e. The van der Waals surface area contributed by atoms with Crippen molar-refractivity contribution >= 4 is 30.8 Å². The lowest BCUT2D eigenvalue weighted by Gasteiger charge is -2.29. The Morgan fingerprint density at radius 1 is 1.00 bits per heavy atom. The van der Waals surface area contributed by atoms with Gasteiger partial charge in [-0.3, -0.25) is 4.98 Å². The molecule has 0 spiro atoms. The summed E-state index contributed by atoms with van der Waals surface area (Å²) < 4.78 is 52.6. The van der Waals surface area contributed by atoms with Crippen LogP contribution in [-0.2, 0) is 26.4 Å². The Hall–Kier alpha value is -2.33. The molecule has 2 aromatic carbocycles. The summed E-state index contributed by atoms with van der Waals surface area (Å²) >= 11 is 0. The van der Waals surface area contributed by atoms with Crippen LogP contribution in [0.1, 0.15) is 5.56 Å². The fourth-order valence-corrected chi connectivity index (χ4v) is 7.34. The largest absolute Gasteiger partial charge is 0.390 e. The molecule has 0 amide bonds. The van der Waals surface area contributed by atoms with E-state index in [9.17, 15) is 21.9 Å². The highest BCUT2D eigenvalue weighted by molar-refractivity contribution is 7.92. The smallest absolute Gasteiger partial charge is 0.245 e. The third-order valence-electron chi connectivity index (χ3n) is 5.03. The second kappa shape index (κ2) is 7.49. The molecule has 2 atom stereocenters. The number of sulfonamides is 1. The molecule has 1 aromatic heterocycles. The van der Waals surface area contributed by atoms with Crippen LogP contribution in [0.25, 0.3) is 10.9 Å². The first kappa shape index (κ1) is 20.0. The van der Waals surface area contributed by atoms with E-state index in [0.717, 1.165) is 4.31 Å². The van der Waals surface area contributed by atoms with E-state index in [1.807, 2.05) is 6.07 Å². The van der Waals surface area contributed by atoms with Crippen molar-refractivity contribution in [3.8, 4) is 0 Å². The fourth-order valence-electron chi connectivity index (χ4n) is 3.64. The van der Waals surface area contributed by atoms with Crippen LogP contribution in [0.3, 0.4) is 0 Å². The summed E-state index contributed by atoms with van der Waals surface area (Å²) in [6, 6.07) is 16.2. The van der Waals surface area contributed by atoms with Crippen LogP contribution < -0.4 is 0 Å². The Labute approximate surface area is 169 Å². The number of hydrogen-bond donors (Lipinski definition) is 1. The van der Waals surface area contributed by atoms with E-state index in [4.69, 9.17) is 0 Å². The highest BCUT2D eigenvalue weighted by Crippen LogP contribution is 2.30. The van der Waals surface area contributed by atoms with Crippen molar-refractivity contribution in [2.45, 2.75) is 23.6 Å². The number of sulfone groups is 1. The first-order chi connectivity index (χ1) is 13.8. The quantitative estimate of drug-likeness (QED) is 0.656. The molecule has 0 unspecified atom stereocenters. The minimum atomic E-state index is -4.15. The maximum absolute atomic E-state index is 13.7. The summed E-state index contributed by atoms with van der Waals surface area (Å²) in [4.78, 5) is 4.21. The van der Waals surface area contributed by atoms with Crippen molar-refractivity contribution in [1.82, 2.24) is 9.29 Å². The minimum absolute atomic E-state index is 0.0111. The van der Waals surface area contributed by atoms with Gasteiger partial charge in [0.15, 0.2) is 9.84 Å². The van der Waals surface area contributed by atoms with E-state index in [1.165, 1.54) is 12.3 Å². The molecule has 0 radical (unpaired) electrons. The lowest BCUT2D eigenvalue weighted by atomic mass is 10.2. The van der Waals surface area contributed by atoms with Crippen LogP contribution in [-0.4, -0.2) is 54.9 Å². The molecule has 1 aliphatic heterocycles. The van der Waals surface area contributed by atoms with Crippen LogP contribution in [0.4, 0.5) is 0 Å². The molecule has 1 saturated heterocycles. The standard InChI is InChI=1S/C20H20N2O5S2/c23-18-14-28(24,25)13-17(18)22(12-15-6-2-1-3-7-15)29(26,27)19-10-4-8-16-9-5-11-21-20(16)19/h1-11,17-18,23H,12-14H2/t17-,18+/m1/s1. The Bertz CT molecular complexity index is 1240. The van der Waals surface area contributed by atoms with Gasteiger partial charge in [0.2, 0.25) is 10.0 Å². The maximum atomic E-state index is 13.7. The van der Waals surface area contributed by atoms with Gasteiger partial charge in [0.25, 0.3) is 0 Å². The summed E-state index contributed by atoms with van der Waals surface area (Å²) in [6.45, 7) is -0.0519. The molecule has 2 heterocycles. The third-order valence-corrected chi connectivity index (χ3v) is 8.63. The molecular formula is C20H20N2O5S2. The number of rotatable bonds is 5. The SMILES string of the molecule is O=S1(=O)C[C@@H](N(Cc2ccccc2)S(=O)(=O)c2cccc3cccnc23)[C@@H](O)C1. The molecule has 1 N–H and O–H groups in total. The van der Waals surface area contributed by atoms with Crippen LogP contribution >= 0.6 is 0 Å². The number of benzene rings is 2. The van der Waals surface area contributed by atoms with Crippen LogP contribution in [0.2, 0.25) is 0 Å². The number of fused-ring (bicyclic) bond motifs is 1. The lowest BCUT2D eigenvalue weighted by Crippen LogP contribution is -2.46. The number of nitrogens with zero attached hydrogens (tertiary/aromatic N) is 2. The molecule has 7 nitrogen and oxygen atoms in total. The molecule has 1 aliphatic rings. The predicted octanol–water partition coefficient (Wildman–Crippen LogP) is 1.58. The Balaban J connectivity index is 1.85. The highest BCUT2D eigenvalue weighted by Gasteiger charge is 2.45. The summed E-state index contributed by atoms with van der Waals surface area (Å²) in [5, 5.41) is 11.1. The van der Waals surface area contributed by atoms with Gasteiger partial charge in [0.1, 0.15) is 4.90 Å². The van der Waals surface area contributed by atoms with Gasteiger partial charge in [0.05, 0.1) is 29.2 Å². The second-order valence-corrected chi connectivity index (χ2v) is 11.1. The van der Waals surface area contributed by atoms with Crippen molar-refractivity contribution in [3.63, 3.8) is 0 Å². The van der Waals surface area contributed by atoms with Gasteiger partial charge in [-0.2, -0.15) is 4.31 Å². The molecular weight excluding hydrogens is 412 g/mol. The summed E-state index contributed by atoms with van der Waals surface area (Å²) in [6.07, 6.45) is 0.221. The zero-order valence-corrected chi connectivity index (χ0v) is 17.1. The van der Waals surface area contributed by atoms with E-state index in [2.05, 4.69) is 4.98 Å². The van der Waals surface area contributed by atoms with Gasteiger partial charge in [-0.25, -0.2) is 16.8 Å². The highest BCUT2D eigenvalue weighted by atomic mass is 32.2. The number of aliphatic hydroxyl groups excluding tert-OH is 1. The molecule has 0 saturated carbocycles. The molecule has 4 rings (SSSR count). The molecule has 29 heavy (non-hydrogen) atoms. The fraction of sp³-hybridized carbons (Fsp3) is 0.250. The van der Waals surface area contributed by atoms with Crippen molar-refractivity contribution in [1.29, 1.82) is 0 Å². The number of hydrogen-bond acceptors (Lipinski definition) is 6. The zero-order chi connectivity index (χ0) is 20.6. The Morgan fingerprint density at radius 2 is 1.72 bits per heavy atom. The van der Waals surface area contributed by atoms with Crippen LogP contribution in [0.5, 0.6) is 0 Å². The minimum Gasteiger partial charge on any atom is -0.390 e. The first-order valence-electron chi connectivity index (χ1n) is 9.06. The predicted molar refractivity (Wildman–Crippen MR) is 109 cm³/mol. The number of aliphatic hydroxyl groups is 1. The molecule has 3 aromatic rings. The van der Waals surface area contributed by atoms with Gasteiger partial charge in [-0.1, -0.05) is 48.5 Å². The zero-order valence-electron chi connectivity index (χ0n) is 15.4. The van der Waals surface area contributed by atoms with Crippen LogP contribution in [0, 0.1) is 0 Å². The van der Waals surface area contributed by atoms with E-state index in [-0.39, 0.29) is 11.4 Å². The molecule has 9 heteroatoms. The van der Waals surface area contributed by atoms with Crippen LogP contribution in [0.15, 0.2) is 71.8 Å². The Kier molecular flexibility index (Phi) is 5.16. The number of aromatic nitrogens is 1. The normalized spacial score (nSPS) is 21.6. The molecule has 1 fully saturated rings. The molecule has 152 valence electrons. The van der Waals surface area contributed by atoms with Gasteiger partial charge in [-0.15, -0.1) is 0 Å². The summed E-state index contributed by atoms with van der Waals surface area (Å²) in [5.41, 5.74) is 1.00. The van der Waals surface area contributed by atoms with Gasteiger partial charge >= 0.3 is 0 Å². The van der Waals surface area contributed by atoms with Crippen molar-refractivity contribution in [2.24, 2.45) is 0 Å². The van der Waals surface area contributed by atoms with Gasteiger partial charge < -0.3 is 5.11 Å². The lowest BCUT2D eigenvalue weighted by molar-refractivity contribution is 0.125. The summed E-state index contributed by atoms with van der Waals surface area (Å²) in [5.74, 6) is -0.870. The first-order valence-corrected chi connectivity index (χ1v) is 12.3. The number of pyridine rings is 1. The Morgan fingerprint density at radius 3 is 2.41 bits per heavy atom. The third kappa shape index (κ3) is 3.91. The molecule has 0 aliphatic carbocycles. The second-order valence-electron chi connectivity index (χ2n) is 7.08. The van der Waals surface area contributed by atoms with E-state index in [1.54, 1.807) is 48.5 Å². The van der Waals surface area contributed by atoms with Crippen molar-refractivity contribution in [3.05, 3.63) is 72.4 Å². The topological polar surface area (TPSA) is 105 Å². The van der Waals surface area contributed by atoms with Crippen molar-refractivity contribution < 1.29 is 21.9 Å². The van der Waals surface area contributed by atoms with E-state index >= 15 is 0 Å². The monoisotopic (exact) mass is 432 g/mol. The van der Waals surface area contributed by atoms with Gasteiger partial charge in [0, 0.05) is 18.1 Å². The average molecular weight is 433 g/mol. The number of para-hydroxylation sites is 1. The van der Waals surface area contributed by atoms with Gasteiger partial charge in [-0.05, 0) is 17.7 Å². The average Bonchev–Trinajstić information content (AvgIpc) is 2.98. The van der Waals surface area contributed by atoms with Crippen molar-refractivity contribution in [2.75, 3.05) is 11.5 Å². The summed E-state index contributed by atoms with van der Waals surface area (Å²) in [7, 11) is -7.68. The van der Waals surface area contributed by atoms with E-state index in [0.29, 0.717) is 16.5 Å². The molecule has 0 bridgehead atoms. The van der Waals surface area contributed by atoms with E-state index < -0.39 is 43.5 Å².